The summed E-state index contributed by atoms with van der Waals surface area (Å²) in [5, 5.41) is 2.82. The maximum atomic E-state index is 12.6. The Balaban J connectivity index is 1.67. The van der Waals surface area contributed by atoms with Crippen LogP contribution in [0.4, 0.5) is 0 Å². The van der Waals surface area contributed by atoms with Crippen molar-refractivity contribution in [3.8, 4) is 0 Å². The molecule has 1 aliphatic heterocycles. The fourth-order valence-corrected chi connectivity index (χ4v) is 3.05. The van der Waals surface area contributed by atoms with Crippen LogP contribution in [0.15, 0.2) is 45.7 Å². The van der Waals surface area contributed by atoms with E-state index >= 15 is 0 Å². The lowest BCUT2D eigenvalue weighted by Crippen LogP contribution is -2.45. The number of pyridine rings is 1. The number of hydrogen-bond acceptors (Lipinski definition) is 4. The van der Waals surface area contributed by atoms with Gasteiger partial charge in [0.05, 0.1) is 18.4 Å². The summed E-state index contributed by atoms with van der Waals surface area (Å²) >= 11 is 3.31. The standard InChI is InChI=1S/C16H16BrN3O3/c17-12-7-11(8-18-9-12)16(22)20-5-1-4-14(20)15(21)19-10-13-3-2-6-23-13/h2-3,6-9,14H,1,4-5,10H2,(H,19,21). The Hall–Kier alpha value is -2.15. The summed E-state index contributed by atoms with van der Waals surface area (Å²) in [7, 11) is 0. The molecule has 0 aromatic carbocycles. The highest BCUT2D eigenvalue weighted by Gasteiger charge is 2.34. The van der Waals surface area contributed by atoms with Crippen LogP contribution in [0.25, 0.3) is 0 Å². The van der Waals surface area contributed by atoms with E-state index in [1.807, 2.05) is 0 Å². The Kier molecular flexibility index (Phi) is 4.76. The Labute approximate surface area is 142 Å². The maximum Gasteiger partial charge on any atom is 0.256 e. The zero-order chi connectivity index (χ0) is 16.2. The molecule has 2 aromatic rings. The molecule has 1 saturated heterocycles. The van der Waals surface area contributed by atoms with Crippen molar-refractivity contribution in [2.24, 2.45) is 0 Å². The Morgan fingerprint density at radius 3 is 3.04 bits per heavy atom. The third-order valence-corrected chi connectivity index (χ3v) is 4.22. The van der Waals surface area contributed by atoms with Gasteiger partial charge < -0.3 is 14.6 Å². The lowest BCUT2D eigenvalue weighted by molar-refractivity contribution is -0.125. The first-order valence-corrected chi connectivity index (χ1v) is 8.16. The second-order valence-corrected chi connectivity index (χ2v) is 6.26. The molecule has 1 atom stereocenters. The van der Waals surface area contributed by atoms with Crippen LogP contribution in [0, 0.1) is 0 Å². The van der Waals surface area contributed by atoms with Gasteiger partial charge in [0.2, 0.25) is 5.91 Å². The molecule has 1 aliphatic rings. The summed E-state index contributed by atoms with van der Waals surface area (Å²) in [5.41, 5.74) is 0.477. The Morgan fingerprint density at radius 2 is 2.30 bits per heavy atom. The molecule has 1 N–H and O–H groups in total. The monoisotopic (exact) mass is 377 g/mol. The van der Waals surface area contributed by atoms with E-state index in [1.165, 1.54) is 6.20 Å². The van der Waals surface area contributed by atoms with Crippen molar-refractivity contribution in [2.75, 3.05) is 6.54 Å². The minimum absolute atomic E-state index is 0.157. The molecule has 120 valence electrons. The van der Waals surface area contributed by atoms with E-state index in [4.69, 9.17) is 4.42 Å². The van der Waals surface area contributed by atoms with Crippen molar-refractivity contribution in [2.45, 2.75) is 25.4 Å². The van der Waals surface area contributed by atoms with Crippen LogP contribution in [0.3, 0.4) is 0 Å². The predicted octanol–water partition coefficient (Wildman–Crippen LogP) is 2.36. The van der Waals surface area contributed by atoms with Gasteiger partial charge >= 0.3 is 0 Å². The number of furan rings is 1. The lowest BCUT2D eigenvalue weighted by atomic mass is 10.2. The van der Waals surface area contributed by atoms with Gasteiger partial charge in [0, 0.05) is 23.4 Å². The predicted molar refractivity (Wildman–Crippen MR) is 86.6 cm³/mol. The average molecular weight is 378 g/mol. The van der Waals surface area contributed by atoms with E-state index in [0.29, 0.717) is 30.8 Å². The van der Waals surface area contributed by atoms with Crippen molar-refractivity contribution in [1.82, 2.24) is 15.2 Å². The van der Waals surface area contributed by atoms with E-state index in [-0.39, 0.29) is 11.8 Å². The van der Waals surface area contributed by atoms with Crippen LogP contribution in [0.5, 0.6) is 0 Å². The van der Waals surface area contributed by atoms with Crippen LogP contribution in [0.2, 0.25) is 0 Å². The summed E-state index contributed by atoms with van der Waals surface area (Å²) in [6.07, 6.45) is 6.17. The summed E-state index contributed by atoms with van der Waals surface area (Å²) in [6, 6.07) is 4.83. The summed E-state index contributed by atoms with van der Waals surface area (Å²) in [6.45, 7) is 0.896. The Bertz CT molecular complexity index is 702. The molecule has 0 aliphatic carbocycles. The molecule has 3 heterocycles. The van der Waals surface area contributed by atoms with Crippen LogP contribution >= 0.6 is 15.9 Å². The zero-order valence-corrected chi connectivity index (χ0v) is 14.0. The third-order valence-electron chi connectivity index (χ3n) is 3.79. The second kappa shape index (κ2) is 6.95. The molecule has 2 amide bonds. The fourth-order valence-electron chi connectivity index (χ4n) is 2.68. The van der Waals surface area contributed by atoms with Crippen molar-refractivity contribution in [3.63, 3.8) is 0 Å². The number of likely N-dealkylation sites (tertiary alicyclic amines) is 1. The first-order valence-electron chi connectivity index (χ1n) is 7.37. The van der Waals surface area contributed by atoms with Crippen LogP contribution < -0.4 is 5.32 Å². The molecule has 6 nitrogen and oxygen atoms in total. The maximum absolute atomic E-state index is 12.6. The first-order chi connectivity index (χ1) is 11.1. The van der Waals surface area contributed by atoms with E-state index in [1.54, 1.807) is 35.6 Å². The van der Waals surface area contributed by atoms with Crippen molar-refractivity contribution < 1.29 is 14.0 Å². The molecule has 0 saturated carbocycles. The van der Waals surface area contributed by atoms with Gasteiger partial charge in [-0.3, -0.25) is 14.6 Å². The number of hydrogen-bond donors (Lipinski definition) is 1. The molecule has 23 heavy (non-hydrogen) atoms. The second-order valence-electron chi connectivity index (χ2n) is 5.35. The van der Waals surface area contributed by atoms with Gasteiger partial charge in [0.1, 0.15) is 11.8 Å². The molecule has 0 bridgehead atoms. The zero-order valence-electron chi connectivity index (χ0n) is 12.4. The smallest absolute Gasteiger partial charge is 0.256 e. The molecular formula is C16H16BrN3O3. The highest BCUT2D eigenvalue weighted by atomic mass is 79.9. The van der Waals surface area contributed by atoms with Crippen molar-refractivity contribution in [1.29, 1.82) is 0 Å². The minimum Gasteiger partial charge on any atom is -0.467 e. The number of rotatable bonds is 4. The molecule has 1 fully saturated rings. The van der Waals surface area contributed by atoms with Gasteiger partial charge in [-0.05, 0) is 47.0 Å². The van der Waals surface area contributed by atoms with E-state index in [0.717, 1.165) is 10.9 Å². The van der Waals surface area contributed by atoms with Gasteiger partial charge in [-0.2, -0.15) is 0 Å². The number of halogens is 1. The van der Waals surface area contributed by atoms with Gasteiger partial charge in [-0.15, -0.1) is 0 Å². The van der Waals surface area contributed by atoms with Crippen LogP contribution in [-0.2, 0) is 11.3 Å². The number of carbonyl (C=O) groups excluding carboxylic acids is 2. The van der Waals surface area contributed by atoms with Gasteiger partial charge in [0.25, 0.3) is 5.91 Å². The van der Waals surface area contributed by atoms with Gasteiger partial charge in [-0.25, -0.2) is 0 Å². The average Bonchev–Trinajstić information content (AvgIpc) is 3.23. The van der Waals surface area contributed by atoms with Gasteiger partial charge in [0.15, 0.2) is 0 Å². The quantitative estimate of drug-likeness (QED) is 0.887. The normalized spacial score (nSPS) is 17.3. The topological polar surface area (TPSA) is 75.4 Å². The summed E-state index contributed by atoms with van der Waals surface area (Å²) in [4.78, 5) is 30.6. The highest BCUT2D eigenvalue weighted by molar-refractivity contribution is 9.10. The van der Waals surface area contributed by atoms with Crippen molar-refractivity contribution >= 4 is 27.7 Å². The van der Waals surface area contributed by atoms with E-state index in [2.05, 4.69) is 26.2 Å². The lowest BCUT2D eigenvalue weighted by Gasteiger charge is -2.23. The molecule has 2 aromatic heterocycles. The molecule has 0 radical (unpaired) electrons. The largest absolute Gasteiger partial charge is 0.467 e. The SMILES string of the molecule is O=C(NCc1ccco1)C1CCCN1C(=O)c1cncc(Br)c1. The van der Waals surface area contributed by atoms with Gasteiger partial charge in [-0.1, -0.05) is 0 Å². The van der Waals surface area contributed by atoms with Crippen molar-refractivity contribution in [3.05, 3.63) is 52.7 Å². The molecule has 3 rings (SSSR count). The highest BCUT2D eigenvalue weighted by Crippen LogP contribution is 2.21. The molecule has 7 heteroatoms. The number of amides is 2. The Morgan fingerprint density at radius 1 is 1.43 bits per heavy atom. The fraction of sp³-hybridized carbons (Fsp3) is 0.312. The van der Waals surface area contributed by atoms with Crippen LogP contribution in [0.1, 0.15) is 29.0 Å². The van der Waals surface area contributed by atoms with E-state index in [9.17, 15) is 9.59 Å². The number of nitrogens with one attached hydrogen (secondary N) is 1. The minimum atomic E-state index is -0.448. The summed E-state index contributed by atoms with van der Waals surface area (Å²) < 4.78 is 5.93. The summed E-state index contributed by atoms with van der Waals surface area (Å²) in [5.74, 6) is 0.357. The number of carbonyl (C=O) groups is 2. The number of aromatic nitrogens is 1. The van der Waals surface area contributed by atoms with Crippen LogP contribution in [-0.4, -0.2) is 34.3 Å². The first kappa shape index (κ1) is 15.7. The van der Waals surface area contributed by atoms with E-state index < -0.39 is 6.04 Å². The molecule has 0 spiro atoms. The number of nitrogens with zero attached hydrogens (tertiary/aromatic N) is 2. The third kappa shape index (κ3) is 3.61. The molecule has 1 unspecified atom stereocenters. The molecular weight excluding hydrogens is 362 g/mol.